The van der Waals surface area contributed by atoms with Gasteiger partial charge in [0.1, 0.15) is 0 Å². The minimum atomic E-state index is 0.0916. The standard InChI is InChI=1S/C14H28N2O/c1-11(15)12-7-5-6-10-16(12)13(17)8-9-14(2,3)4/h11-12H,5-10,15H2,1-4H3. The molecule has 100 valence electrons. The SMILES string of the molecule is CC(N)C1CCCCN1C(=O)CCC(C)(C)C. The molecule has 0 bridgehead atoms. The summed E-state index contributed by atoms with van der Waals surface area (Å²) in [4.78, 5) is 14.3. The lowest BCUT2D eigenvalue weighted by molar-refractivity contribution is -0.135. The van der Waals surface area contributed by atoms with Gasteiger partial charge in [0.25, 0.3) is 0 Å². The summed E-state index contributed by atoms with van der Waals surface area (Å²) in [7, 11) is 0. The molecule has 2 atom stereocenters. The van der Waals surface area contributed by atoms with Crippen molar-refractivity contribution in [3.8, 4) is 0 Å². The number of hydrogen-bond donors (Lipinski definition) is 1. The van der Waals surface area contributed by atoms with E-state index in [2.05, 4.69) is 20.8 Å². The van der Waals surface area contributed by atoms with E-state index in [4.69, 9.17) is 5.73 Å². The molecule has 1 heterocycles. The first-order valence-electron chi connectivity index (χ1n) is 6.86. The molecule has 0 aromatic rings. The highest BCUT2D eigenvalue weighted by atomic mass is 16.2. The van der Waals surface area contributed by atoms with Gasteiger partial charge in [-0.3, -0.25) is 4.79 Å². The Morgan fingerprint density at radius 1 is 1.41 bits per heavy atom. The van der Waals surface area contributed by atoms with E-state index in [1.165, 1.54) is 6.42 Å². The van der Waals surface area contributed by atoms with Gasteiger partial charge in [-0.1, -0.05) is 20.8 Å². The third-order valence-electron chi connectivity index (χ3n) is 3.57. The number of piperidine rings is 1. The average molecular weight is 240 g/mol. The minimum Gasteiger partial charge on any atom is -0.338 e. The van der Waals surface area contributed by atoms with Crippen LogP contribution >= 0.6 is 0 Å². The van der Waals surface area contributed by atoms with Gasteiger partial charge >= 0.3 is 0 Å². The second-order valence-corrected chi connectivity index (χ2v) is 6.57. The van der Waals surface area contributed by atoms with Gasteiger partial charge in [0, 0.05) is 25.0 Å². The fourth-order valence-electron chi connectivity index (χ4n) is 2.44. The van der Waals surface area contributed by atoms with E-state index in [-0.39, 0.29) is 17.5 Å². The van der Waals surface area contributed by atoms with Crippen LogP contribution in [0.2, 0.25) is 0 Å². The fourth-order valence-corrected chi connectivity index (χ4v) is 2.44. The van der Waals surface area contributed by atoms with E-state index in [1.807, 2.05) is 11.8 Å². The molecule has 0 aliphatic carbocycles. The minimum absolute atomic E-state index is 0.0916. The zero-order valence-corrected chi connectivity index (χ0v) is 11.8. The molecule has 2 unspecified atom stereocenters. The van der Waals surface area contributed by atoms with E-state index >= 15 is 0 Å². The molecule has 0 spiro atoms. The maximum absolute atomic E-state index is 12.2. The van der Waals surface area contributed by atoms with Crippen molar-refractivity contribution in [3.05, 3.63) is 0 Å². The van der Waals surface area contributed by atoms with Crippen LogP contribution in [-0.2, 0) is 4.79 Å². The fraction of sp³-hybridized carbons (Fsp3) is 0.929. The number of likely N-dealkylation sites (tertiary alicyclic amines) is 1. The molecule has 0 radical (unpaired) electrons. The summed E-state index contributed by atoms with van der Waals surface area (Å²) in [6.45, 7) is 9.45. The van der Waals surface area contributed by atoms with E-state index in [9.17, 15) is 4.79 Å². The number of amides is 1. The zero-order chi connectivity index (χ0) is 13.1. The van der Waals surface area contributed by atoms with Gasteiger partial charge < -0.3 is 10.6 Å². The molecule has 1 rings (SSSR count). The summed E-state index contributed by atoms with van der Waals surface area (Å²) in [5, 5.41) is 0. The van der Waals surface area contributed by atoms with Crippen molar-refractivity contribution in [1.82, 2.24) is 4.90 Å². The van der Waals surface area contributed by atoms with Crippen LogP contribution in [-0.4, -0.2) is 29.4 Å². The first kappa shape index (κ1) is 14.5. The van der Waals surface area contributed by atoms with Gasteiger partial charge in [0.15, 0.2) is 0 Å². The van der Waals surface area contributed by atoms with Crippen LogP contribution in [0.1, 0.15) is 59.8 Å². The van der Waals surface area contributed by atoms with Crippen LogP contribution in [0, 0.1) is 5.41 Å². The second-order valence-electron chi connectivity index (χ2n) is 6.57. The monoisotopic (exact) mass is 240 g/mol. The molecule has 0 aromatic heterocycles. The van der Waals surface area contributed by atoms with E-state index < -0.39 is 0 Å². The third-order valence-corrected chi connectivity index (χ3v) is 3.57. The normalized spacial score (nSPS) is 23.6. The number of nitrogens with two attached hydrogens (primary N) is 1. The molecule has 0 aromatic carbocycles. The molecule has 1 saturated heterocycles. The quantitative estimate of drug-likeness (QED) is 0.824. The molecule has 17 heavy (non-hydrogen) atoms. The summed E-state index contributed by atoms with van der Waals surface area (Å²) < 4.78 is 0. The zero-order valence-electron chi connectivity index (χ0n) is 11.8. The Bertz CT molecular complexity index is 255. The highest BCUT2D eigenvalue weighted by Crippen LogP contribution is 2.24. The van der Waals surface area contributed by atoms with Gasteiger partial charge in [0.2, 0.25) is 5.91 Å². The largest absolute Gasteiger partial charge is 0.338 e. The van der Waals surface area contributed by atoms with Crippen LogP contribution in [0.4, 0.5) is 0 Å². The van der Waals surface area contributed by atoms with Crippen molar-refractivity contribution >= 4 is 5.91 Å². The molecule has 3 nitrogen and oxygen atoms in total. The lowest BCUT2D eigenvalue weighted by Crippen LogP contribution is -2.51. The molecule has 2 N–H and O–H groups in total. The molecule has 0 saturated carbocycles. The molecule has 1 amide bonds. The van der Waals surface area contributed by atoms with E-state index in [0.717, 1.165) is 25.8 Å². The van der Waals surface area contributed by atoms with Crippen LogP contribution in [0.3, 0.4) is 0 Å². The van der Waals surface area contributed by atoms with Crippen LogP contribution in [0.5, 0.6) is 0 Å². The third kappa shape index (κ3) is 4.66. The number of hydrogen-bond acceptors (Lipinski definition) is 2. The predicted octanol–water partition coefficient (Wildman–Crippen LogP) is 2.54. The Balaban J connectivity index is 2.53. The van der Waals surface area contributed by atoms with Crippen molar-refractivity contribution in [2.75, 3.05) is 6.54 Å². The van der Waals surface area contributed by atoms with Crippen molar-refractivity contribution in [2.45, 2.75) is 71.9 Å². The molecule has 1 aliphatic heterocycles. The van der Waals surface area contributed by atoms with Gasteiger partial charge in [0.05, 0.1) is 0 Å². The highest BCUT2D eigenvalue weighted by molar-refractivity contribution is 5.76. The van der Waals surface area contributed by atoms with Crippen molar-refractivity contribution < 1.29 is 4.79 Å². The van der Waals surface area contributed by atoms with Gasteiger partial charge in [-0.2, -0.15) is 0 Å². The van der Waals surface area contributed by atoms with Crippen molar-refractivity contribution in [3.63, 3.8) is 0 Å². The molecular formula is C14H28N2O. The molecule has 1 fully saturated rings. The Morgan fingerprint density at radius 3 is 2.59 bits per heavy atom. The number of carbonyl (C=O) groups is 1. The maximum Gasteiger partial charge on any atom is 0.222 e. The maximum atomic E-state index is 12.2. The second kappa shape index (κ2) is 5.85. The van der Waals surface area contributed by atoms with Crippen molar-refractivity contribution in [2.24, 2.45) is 11.1 Å². The lowest BCUT2D eigenvalue weighted by atomic mass is 9.89. The number of carbonyl (C=O) groups excluding carboxylic acids is 1. The molecular weight excluding hydrogens is 212 g/mol. The Kier molecular flexibility index (Phi) is 4.99. The van der Waals surface area contributed by atoms with E-state index in [0.29, 0.717) is 12.3 Å². The first-order valence-corrected chi connectivity index (χ1v) is 6.86. The van der Waals surface area contributed by atoms with Gasteiger partial charge in [-0.25, -0.2) is 0 Å². The number of nitrogens with zero attached hydrogens (tertiary/aromatic N) is 1. The van der Waals surface area contributed by atoms with Gasteiger partial charge in [-0.05, 0) is 38.0 Å². The summed E-state index contributed by atoms with van der Waals surface area (Å²) in [6, 6.07) is 0.352. The van der Waals surface area contributed by atoms with Crippen LogP contribution in [0.15, 0.2) is 0 Å². The number of rotatable bonds is 3. The highest BCUT2D eigenvalue weighted by Gasteiger charge is 2.29. The average Bonchev–Trinajstić information content (AvgIpc) is 2.25. The van der Waals surface area contributed by atoms with Crippen molar-refractivity contribution in [1.29, 1.82) is 0 Å². The Morgan fingerprint density at radius 2 is 2.06 bits per heavy atom. The Labute approximate surface area is 106 Å². The smallest absolute Gasteiger partial charge is 0.222 e. The van der Waals surface area contributed by atoms with Gasteiger partial charge in [-0.15, -0.1) is 0 Å². The van der Waals surface area contributed by atoms with E-state index in [1.54, 1.807) is 0 Å². The summed E-state index contributed by atoms with van der Waals surface area (Å²) >= 11 is 0. The summed E-state index contributed by atoms with van der Waals surface area (Å²) in [6.07, 6.45) is 5.01. The summed E-state index contributed by atoms with van der Waals surface area (Å²) in [5.41, 5.74) is 6.21. The molecule has 3 heteroatoms. The molecule has 1 aliphatic rings. The van der Waals surface area contributed by atoms with Crippen LogP contribution in [0.25, 0.3) is 0 Å². The first-order chi connectivity index (χ1) is 7.81. The predicted molar refractivity (Wildman–Crippen MR) is 71.7 cm³/mol. The van der Waals surface area contributed by atoms with Crippen LogP contribution < -0.4 is 5.73 Å². The topological polar surface area (TPSA) is 46.3 Å². The lowest BCUT2D eigenvalue weighted by Gasteiger charge is -2.38. The summed E-state index contributed by atoms with van der Waals surface area (Å²) in [5.74, 6) is 0.293. The Hall–Kier alpha value is -0.570.